The molecule has 3 aromatic rings. The number of rotatable bonds is 6. The van der Waals surface area contributed by atoms with Gasteiger partial charge in [-0.1, -0.05) is 55.4 Å². The van der Waals surface area contributed by atoms with Crippen molar-refractivity contribution in [1.82, 2.24) is 10.1 Å². The van der Waals surface area contributed by atoms with Gasteiger partial charge in [-0.15, -0.1) is 0 Å². The number of nitrogens with zero attached hydrogens (tertiary/aromatic N) is 2. The van der Waals surface area contributed by atoms with E-state index in [1.54, 1.807) is 11.0 Å². The molecule has 1 aliphatic heterocycles. The molecule has 1 atom stereocenters. The molecule has 2 aromatic carbocycles. The summed E-state index contributed by atoms with van der Waals surface area (Å²) in [6.07, 6.45) is 0.431. The summed E-state index contributed by atoms with van der Waals surface area (Å²) in [6, 6.07) is 15.3. The van der Waals surface area contributed by atoms with E-state index in [0.717, 1.165) is 16.7 Å². The molecule has 0 unspecified atom stereocenters. The largest absolute Gasteiger partial charge is 0.355 e. The van der Waals surface area contributed by atoms with Crippen molar-refractivity contribution in [2.45, 2.75) is 52.6 Å². The minimum atomic E-state index is -3.15. The quantitative estimate of drug-likeness (QED) is 0.516. The van der Waals surface area contributed by atoms with Gasteiger partial charge in [-0.2, -0.15) is 0 Å². The van der Waals surface area contributed by atoms with E-state index in [4.69, 9.17) is 4.52 Å². The van der Waals surface area contributed by atoms with Gasteiger partial charge in [0.2, 0.25) is 0 Å². The molecule has 1 amide bonds. The van der Waals surface area contributed by atoms with Gasteiger partial charge in [0.05, 0.1) is 11.5 Å². The van der Waals surface area contributed by atoms with E-state index in [1.807, 2.05) is 44.2 Å². The van der Waals surface area contributed by atoms with Crippen LogP contribution in [0.25, 0.3) is 11.3 Å². The van der Waals surface area contributed by atoms with Crippen LogP contribution >= 0.6 is 0 Å². The zero-order valence-electron chi connectivity index (χ0n) is 19.5. The summed E-state index contributed by atoms with van der Waals surface area (Å²) in [5.74, 6) is 0.687. The number of carbonyl (C=O) groups is 1. The van der Waals surface area contributed by atoms with Crippen LogP contribution in [0.3, 0.4) is 0 Å². The van der Waals surface area contributed by atoms with Crippen LogP contribution in [0.4, 0.5) is 0 Å². The first-order valence-corrected chi connectivity index (χ1v) is 13.1. The van der Waals surface area contributed by atoms with E-state index in [9.17, 15) is 13.2 Å². The lowest BCUT2D eigenvalue weighted by Gasteiger charge is -2.27. The SMILES string of the molecule is Cc1ccc(-c2cc(C(=O)N(Cc3ccc(C(C)C)cc3)[C@@H]3CCS(=O)(=O)C3)no2)cc1C. The number of amides is 1. The highest BCUT2D eigenvalue weighted by Crippen LogP contribution is 2.26. The third-order valence-corrected chi connectivity index (χ3v) is 8.18. The lowest BCUT2D eigenvalue weighted by molar-refractivity contribution is 0.0670. The standard InChI is InChI=1S/C26H30N2O4S/c1-17(2)21-9-6-20(7-10-21)15-28(23-11-12-33(30,31)16-23)26(29)24-14-25(32-27-24)22-8-5-18(3)19(4)13-22/h5-10,13-14,17,23H,11-12,15-16H2,1-4H3/t23-/m1/s1. The van der Waals surface area contributed by atoms with E-state index in [2.05, 4.69) is 31.1 Å². The van der Waals surface area contributed by atoms with Gasteiger partial charge in [-0.3, -0.25) is 4.79 Å². The summed E-state index contributed by atoms with van der Waals surface area (Å²) in [7, 11) is -3.15. The zero-order valence-corrected chi connectivity index (χ0v) is 20.4. The molecule has 7 heteroatoms. The first kappa shape index (κ1) is 23.2. The van der Waals surface area contributed by atoms with Crippen LogP contribution in [0.5, 0.6) is 0 Å². The molecule has 0 saturated carbocycles. The van der Waals surface area contributed by atoms with Crippen molar-refractivity contribution in [2.75, 3.05) is 11.5 Å². The average Bonchev–Trinajstić information content (AvgIpc) is 3.40. The van der Waals surface area contributed by atoms with Crippen molar-refractivity contribution in [3.63, 3.8) is 0 Å². The maximum Gasteiger partial charge on any atom is 0.276 e. The summed E-state index contributed by atoms with van der Waals surface area (Å²) >= 11 is 0. The fraction of sp³-hybridized carbons (Fsp3) is 0.385. The first-order chi connectivity index (χ1) is 15.6. The molecule has 0 N–H and O–H groups in total. The molecule has 174 valence electrons. The lowest BCUT2D eigenvalue weighted by Crippen LogP contribution is -2.40. The second-order valence-corrected chi connectivity index (χ2v) is 11.5. The van der Waals surface area contributed by atoms with Crippen LogP contribution in [-0.4, -0.2) is 41.9 Å². The third kappa shape index (κ3) is 5.19. The lowest BCUT2D eigenvalue weighted by atomic mass is 10.0. The monoisotopic (exact) mass is 466 g/mol. The van der Waals surface area contributed by atoms with E-state index >= 15 is 0 Å². The summed E-state index contributed by atoms with van der Waals surface area (Å²) in [6.45, 7) is 8.64. The Labute approximate surface area is 195 Å². The van der Waals surface area contributed by atoms with Crippen molar-refractivity contribution < 1.29 is 17.7 Å². The van der Waals surface area contributed by atoms with E-state index in [-0.39, 0.29) is 29.1 Å². The molecule has 1 aliphatic rings. The second-order valence-electron chi connectivity index (χ2n) is 9.26. The van der Waals surface area contributed by atoms with Crippen LogP contribution in [0, 0.1) is 13.8 Å². The fourth-order valence-corrected chi connectivity index (χ4v) is 5.88. The molecule has 0 aliphatic carbocycles. The van der Waals surface area contributed by atoms with E-state index < -0.39 is 9.84 Å². The maximum atomic E-state index is 13.5. The van der Waals surface area contributed by atoms with Gasteiger partial charge in [0, 0.05) is 24.2 Å². The molecule has 1 aromatic heterocycles. The molecular formula is C26H30N2O4S. The fourth-order valence-electron chi connectivity index (χ4n) is 4.15. The Kier molecular flexibility index (Phi) is 6.43. The van der Waals surface area contributed by atoms with Crippen molar-refractivity contribution in [3.8, 4) is 11.3 Å². The van der Waals surface area contributed by atoms with Crippen molar-refractivity contribution in [2.24, 2.45) is 0 Å². The minimum absolute atomic E-state index is 0.0231. The molecule has 0 spiro atoms. The number of hydrogen-bond donors (Lipinski definition) is 0. The normalized spacial score (nSPS) is 17.4. The Hall–Kier alpha value is -2.93. The molecular weight excluding hydrogens is 436 g/mol. The van der Waals surface area contributed by atoms with Gasteiger partial charge in [-0.05, 0) is 54.5 Å². The Morgan fingerprint density at radius 2 is 1.82 bits per heavy atom. The minimum Gasteiger partial charge on any atom is -0.355 e. The summed E-state index contributed by atoms with van der Waals surface area (Å²) < 4.78 is 29.8. The average molecular weight is 467 g/mol. The summed E-state index contributed by atoms with van der Waals surface area (Å²) in [5.41, 5.74) is 5.51. The van der Waals surface area contributed by atoms with Gasteiger partial charge in [0.1, 0.15) is 0 Å². The predicted molar refractivity (Wildman–Crippen MR) is 129 cm³/mol. The smallest absolute Gasteiger partial charge is 0.276 e. The third-order valence-electron chi connectivity index (χ3n) is 6.43. The zero-order chi connectivity index (χ0) is 23.8. The Morgan fingerprint density at radius 3 is 2.42 bits per heavy atom. The number of sulfone groups is 1. The van der Waals surface area contributed by atoms with Crippen LogP contribution in [0.1, 0.15) is 58.9 Å². The van der Waals surface area contributed by atoms with Crippen LogP contribution in [-0.2, 0) is 16.4 Å². The topological polar surface area (TPSA) is 80.5 Å². The summed E-state index contributed by atoms with van der Waals surface area (Å²) in [4.78, 5) is 15.1. The molecule has 0 radical (unpaired) electrons. The summed E-state index contributed by atoms with van der Waals surface area (Å²) in [5, 5.41) is 4.04. The number of hydrogen-bond acceptors (Lipinski definition) is 5. The Bertz CT molecular complexity index is 1260. The van der Waals surface area contributed by atoms with Crippen molar-refractivity contribution in [1.29, 1.82) is 0 Å². The molecule has 6 nitrogen and oxygen atoms in total. The van der Waals surface area contributed by atoms with Gasteiger partial charge in [0.25, 0.3) is 5.91 Å². The number of aromatic nitrogens is 1. The molecule has 2 heterocycles. The van der Waals surface area contributed by atoms with Crippen LogP contribution in [0.15, 0.2) is 53.1 Å². The van der Waals surface area contributed by atoms with Gasteiger partial charge >= 0.3 is 0 Å². The molecule has 0 bridgehead atoms. The number of benzene rings is 2. The van der Waals surface area contributed by atoms with Crippen LogP contribution < -0.4 is 0 Å². The molecule has 33 heavy (non-hydrogen) atoms. The Balaban J connectivity index is 1.62. The first-order valence-electron chi connectivity index (χ1n) is 11.3. The highest BCUT2D eigenvalue weighted by molar-refractivity contribution is 7.91. The number of aryl methyl sites for hydroxylation is 2. The van der Waals surface area contributed by atoms with Gasteiger partial charge in [-0.25, -0.2) is 8.42 Å². The molecule has 1 fully saturated rings. The van der Waals surface area contributed by atoms with E-state index in [1.165, 1.54) is 11.1 Å². The number of carbonyl (C=O) groups excluding carboxylic acids is 1. The van der Waals surface area contributed by atoms with Crippen molar-refractivity contribution in [3.05, 3.63) is 76.5 Å². The van der Waals surface area contributed by atoms with Gasteiger partial charge in [0.15, 0.2) is 21.3 Å². The molecule has 1 saturated heterocycles. The Morgan fingerprint density at radius 1 is 1.09 bits per heavy atom. The van der Waals surface area contributed by atoms with Crippen LogP contribution in [0.2, 0.25) is 0 Å². The highest BCUT2D eigenvalue weighted by atomic mass is 32.2. The second kappa shape index (κ2) is 9.14. The predicted octanol–water partition coefficient (Wildman–Crippen LogP) is 4.91. The van der Waals surface area contributed by atoms with Gasteiger partial charge < -0.3 is 9.42 Å². The van der Waals surface area contributed by atoms with E-state index in [0.29, 0.717) is 24.6 Å². The van der Waals surface area contributed by atoms with Crippen molar-refractivity contribution >= 4 is 15.7 Å². The highest BCUT2D eigenvalue weighted by Gasteiger charge is 2.36. The molecule has 4 rings (SSSR count). The maximum absolute atomic E-state index is 13.5.